The number of fused-ring (bicyclic) bond motifs is 1. The number of ketones is 1. The van der Waals surface area contributed by atoms with E-state index in [0.29, 0.717) is 0 Å². The molecule has 0 N–H and O–H groups in total. The molecule has 1 aromatic carbocycles. The van der Waals surface area contributed by atoms with Gasteiger partial charge in [0.2, 0.25) is 0 Å². The zero-order valence-corrected chi connectivity index (χ0v) is 11.2. The van der Waals surface area contributed by atoms with Crippen LogP contribution in [0, 0.1) is 0 Å². The van der Waals surface area contributed by atoms with Crippen LogP contribution in [0.4, 0.5) is 0 Å². The quantitative estimate of drug-likeness (QED) is 0.586. The molecular formula is C13H8OS3. The second-order valence-corrected chi connectivity index (χ2v) is 6.83. The van der Waals surface area contributed by atoms with Gasteiger partial charge in [-0.1, -0.05) is 41.7 Å². The Balaban J connectivity index is 1.83. The minimum absolute atomic E-state index is 0.0998. The molecule has 0 unspecified atom stereocenters. The van der Waals surface area contributed by atoms with Crippen LogP contribution in [-0.2, 0) is 0 Å². The van der Waals surface area contributed by atoms with Gasteiger partial charge >= 0.3 is 0 Å². The summed E-state index contributed by atoms with van der Waals surface area (Å²) < 4.78 is 1.06. The molecule has 2 heterocycles. The molecule has 1 aliphatic heterocycles. The summed E-state index contributed by atoms with van der Waals surface area (Å²) >= 11 is 4.82. The lowest BCUT2D eigenvalue weighted by Gasteiger charge is -1.92. The number of carbonyl (C=O) groups excluding carboxylic acids is 1. The van der Waals surface area contributed by atoms with E-state index in [4.69, 9.17) is 0 Å². The number of thiophene rings is 1. The van der Waals surface area contributed by atoms with Crippen LogP contribution in [0.25, 0.3) is 0 Å². The van der Waals surface area contributed by atoms with Crippen LogP contribution < -0.4 is 0 Å². The fraction of sp³-hybridized carbons (Fsp3) is 0. The first-order chi connectivity index (χ1) is 8.33. The first-order valence-corrected chi connectivity index (χ1v) is 7.58. The van der Waals surface area contributed by atoms with Gasteiger partial charge in [0.05, 0.1) is 9.11 Å². The molecule has 2 aromatic rings. The molecule has 0 bridgehead atoms. The van der Waals surface area contributed by atoms with Crippen molar-refractivity contribution in [2.24, 2.45) is 0 Å². The van der Waals surface area contributed by atoms with E-state index >= 15 is 0 Å². The Kier molecular flexibility index (Phi) is 3.09. The molecule has 0 amide bonds. The summed E-state index contributed by atoms with van der Waals surface area (Å²) in [4.78, 5) is 15.2. The van der Waals surface area contributed by atoms with Gasteiger partial charge < -0.3 is 0 Å². The van der Waals surface area contributed by atoms with Gasteiger partial charge in [-0.15, -0.1) is 11.3 Å². The van der Waals surface area contributed by atoms with Crippen molar-refractivity contribution in [2.45, 2.75) is 9.79 Å². The third-order valence-corrected chi connectivity index (χ3v) is 5.59. The third-order valence-electron chi connectivity index (χ3n) is 2.28. The number of rotatable bonds is 2. The molecule has 3 rings (SSSR count). The van der Waals surface area contributed by atoms with Crippen molar-refractivity contribution in [3.63, 3.8) is 0 Å². The van der Waals surface area contributed by atoms with Gasteiger partial charge in [-0.25, -0.2) is 0 Å². The molecule has 1 aromatic heterocycles. The van der Waals surface area contributed by atoms with E-state index in [2.05, 4.69) is 12.1 Å². The molecule has 0 spiro atoms. The first kappa shape index (κ1) is 11.1. The van der Waals surface area contributed by atoms with E-state index in [1.807, 2.05) is 29.6 Å². The summed E-state index contributed by atoms with van der Waals surface area (Å²) in [6.07, 6.45) is 1.74. The van der Waals surface area contributed by atoms with Crippen molar-refractivity contribution >= 4 is 40.6 Å². The maximum absolute atomic E-state index is 11.9. The van der Waals surface area contributed by atoms with Crippen molar-refractivity contribution in [2.75, 3.05) is 0 Å². The SMILES string of the molecule is O=C(C=C1Sc2ccccc2S1)c1cccs1. The second kappa shape index (κ2) is 4.72. The largest absolute Gasteiger partial charge is 0.288 e. The zero-order chi connectivity index (χ0) is 11.7. The van der Waals surface area contributed by atoms with Crippen LogP contribution in [0.1, 0.15) is 9.67 Å². The van der Waals surface area contributed by atoms with Gasteiger partial charge in [0.25, 0.3) is 0 Å². The molecule has 0 radical (unpaired) electrons. The van der Waals surface area contributed by atoms with Gasteiger partial charge in [0.1, 0.15) is 0 Å². The predicted octanol–water partition coefficient (Wildman–Crippen LogP) is 4.67. The zero-order valence-electron chi connectivity index (χ0n) is 8.75. The maximum Gasteiger partial charge on any atom is 0.197 e. The molecule has 0 fully saturated rings. The Morgan fingerprint density at radius 2 is 1.71 bits per heavy atom. The summed E-state index contributed by atoms with van der Waals surface area (Å²) in [5.74, 6) is 0.0998. The van der Waals surface area contributed by atoms with Crippen molar-refractivity contribution in [3.8, 4) is 0 Å². The van der Waals surface area contributed by atoms with Gasteiger partial charge in [-0.05, 0) is 23.6 Å². The third kappa shape index (κ3) is 2.34. The Morgan fingerprint density at radius 1 is 1.00 bits per heavy atom. The van der Waals surface area contributed by atoms with E-state index in [1.54, 1.807) is 29.6 Å². The Hall–Kier alpha value is -0.970. The Bertz CT molecular complexity index is 557. The number of carbonyl (C=O) groups is 1. The van der Waals surface area contributed by atoms with Crippen molar-refractivity contribution in [1.29, 1.82) is 0 Å². The fourth-order valence-electron chi connectivity index (χ4n) is 1.51. The molecule has 0 aliphatic carbocycles. The Labute approximate surface area is 112 Å². The number of hydrogen-bond acceptors (Lipinski definition) is 4. The van der Waals surface area contributed by atoms with E-state index in [9.17, 15) is 4.79 Å². The lowest BCUT2D eigenvalue weighted by Crippen LogP contribution is -1.89. The number of hydrogen-bond donors (Lipinski definition) is 0. The van der Waals surface area contributed by atoms with Crippen molar-refractivity contribution in [1.82, 2.24) is 0 Å². The number of allylic oxidation sites excluding steroid dienone is 1. The maximum atomic E-state index is 11.9. The Morgan fingerprint density at radius 3 is 2.29 bits per heavy atom. The van der Waals surface area contributed by atoms with Gasteiger partial charge in [0, 0.05) is 15.9 Å². The average Bonchev–Trinajstić information content (AvgIpc) is 2.97. The van der Waals surface area contributed by atoms with Crippen LogP contribution in [0.5, 0.6) is 0 Å². The predicted molar refractivity (Wildman–Crippen MR) is 74.9 cm³/mol. The summed E-state index contributed by atoms with van der Waals surface area (Å²) in [5.41, 5.74) is 0. The average molecular weight is 276 g/mol. The number of thioether (sulfide) groups is 2. The monoisotopic (exact) mass is 276 g/mol. The normalized spacial score (nSPS) is 13.5. The minimum Gasteiger partial charge on any atom is -0.288 e. The summed E-state index contributed by atoms with van der Waals surface area (Å²) in [6, 6.07) is 12.0. The van der Waals surface area contributed by atoms with Crippen LogP contribution >= 0.6 is 34.9 Å². The lowest BCUT2D eigenvalue weighted by atomic mass is 10.3. The molecule has 1 aliphatic rings. The van der Waals surface area contributed by atoms with Gasteiger partial charge in [-0.2, -0.15) is 0 Å². The molecule has 1 nitrogen and oxygen atoms in total. The van der Waals surface area contributed by atoms with Gasteiger partial charge in [0.15, 0.2) is 5.78 Å². The first-order valence-electron chi connectivity index (χ1n) is 5.07. The summed E-state index contributed by atoms with van der Waals surface area (Å²) in [6.45, 7) is 0. The van der Waals surface area contributed by atoms with Gasteiger partial charge in [-0.3, -0.25) is 4.79 Å². The molecule has 4 heteroatoms. The topological polar surface area (TPSA) is 17.1 Å². The van der Waals surface area contributed by atoms with Crippen molar-refractivity contribution in [3.05, 3.63) is 57.0 Å². The molecule has 17 heavy (non-hydrogen) atoms. The van der Waals surface area contributed by atoms with Crippen LogP contribution in [0.2, 0.25) is 0 Å². The van der Waals surface area contributed by atoms with E-state index < -0.39 is 0 Å². The van der Waals surface area contributed by atoms with Crippen LogP contribution in [0.15, 0.2) is 61.9 Å². The highest BCUT2D eigenvalue weighted by atomic mass is 32.2. The van der Waals surface area contributed by atoms with Crippen LogP contribution in [0.3, 0.4) is 0 Å². The molecular weight excluding hydrogens is 268 g/mol. The standard InChI is InChI=1S/C13H8OS3/c14-9(10-6-3-7-15-10)8-13-16-11-4-1-2-5-12(11)17-13/h1-8H. The highest BCUT2D eigenvalue weighted by Crippen LogP contribution is 2.50. The highest BCUT2D eigenvalue weighted by Gasteiger charge is 2.18. The fourth-order valence-corrected chi connectivity index (χ4v) is 4.50. The molecule has 0 atom stereocenters. The minimum atomic E-state index is 0.0998. The molecule has 84 valence electrons. The van der Waals surface area contributed by atoms with E-state index in [1.165, 1.54) is 21.1 Å². The second-order valence-electron chi connectivity index (χ2n) is 3.46. The smallest absolute Gasteiger partial charge is 0.197 e. The van der Waals surface area contributed by atoms with E-state index in [0.717, 1.165) is 9.11 Å². The summed E-state index contributed by atoms with van der Waals surface area (Å²) in [5, 5.41) is 1.93. The lowest BCUT2D eigenvalue weighted by molar-refractivity contribution is 0.105. The van der Waals surface area contributed by atoms with Crippen LogP contribution in [-0.4, -0.2) is 5.78 Å². The summed E-state index contributed by atoms with van der Waals surface area (Å²) in [7, 11) is 0. The van der Waals surface area contributed by atoms with E-state index in [-0.39, 0.29) is 5.78 Å². The number of benzene rings is 1. The van der Waals surface area contributed by atoms with Crippen molar-refractivity contribution < 1.29 is 4.79 Å². The highest BCUT2D eigenvalue weighted by molar-refractivity contribution is 8.24. The molecule has 0 saturated heterocycles. The molecule has 0 saturated carbocycles.